The van der Waals surface area contributed by atoms with E-state index in [9.17, 15) is 17.6 Å². The molecule has 0 spiro atoms. The molecule has 1 amide bonds. The molecule has 2 aromatic rings. The lowest BCUT2D eigenvalue weighted by molar-refractivity contribution is -0.120. The maximum Gasteiger partial charge on any atom is 0.221 e. The number of benzene rings is 2. The lowest BCUT2D eigenvalue weighted by Gasteiger charge is -2.08. The molecule has 0 aromatic heterocycles. The van der Waals surface area contributed by atoms with E-state index in [1.807, 2.05) is 6.07 Å². The zero-order chi connectivity index (χ0) is 18.7. The molecule has 0 saturated carbocycles. The summed E-state index contributed by atoms with van der Waals surface area (Å²) < 4.78 is 38.2. The van der Waals surface area contributed by atoms with Crippen molar-refractivity contribution in [3.63, 3.8) is 0 Å². The second kappa shape index (κ2) is 7.58. The van der Waals surface area contributed by atoms with Gasteiger partial charge in [-0.2, -0.15) is 0 Å². The van der Waals surface area contributed by atoms with Gasteiger partial charge in [-0.25, -0.2) is 12.8 Å². The van der Waals surface area contributed by atoms with Crippen molar-refractivity contribution >= 4 is 15.7 Å². The Bertz CT molecular complexity index is 938. The van der Waals surface area contributed by atoms with Crippen LogP contribution in [-0.4, -0.2) is 20.1 Å². The van der Waals surface area contributed by atoms with Crippen LogP contribution in [0.5, 0.6) is 0 Å². The molecule has 138 valence electrons. The molecule has 3 rings (SSSR count). The highest BCUT2D eigenvalue weighted by molar-refractivity contribution is 7.91. The molecule has 0 bridgehead atoms. The predicted molar refractivity (Wildman–Crippen MR) is 98.1 cm³/mol. The summed E-state index contributed by atoms with van der Waals surface area (Å²) in [6, 6.07) is 9.89. The molecular weight excluding hydrogens is 353 g/mol. The summed E-state index contributed by atoms with van der Waals surface area (Å²) in [6.45, 7) is 1.91. The smallest absolute Gasteiger partial charge is 0.221 e. The third-order valence-electron chi connectivity index (χ3n) is 4.74. The molecular formula is C20H22FNO3S. The van der Waals surface area contributed by atoms with Gasteiger partial charge in [-0.3, -0.25) is 4.79 Å². The second-order valence-electron chi connectivity index (χ2n) is 6.71. The van der Waals surface area contributed by atoms with E-state index in [0.29, 0.717) is 10.5 Å². The van der Waals surface area contributed by atoms with Gasteiger partial charge in [0, 0.05) is 13.0 Å². The molecule has 0 saturated heterocycles. The van der Waals surface area contributed by atoms with E-state index in [1.54, 1.807) is 31.2 Å². The first-order valence-corrected chi connectivity index (χ1v) is 10.4. The highest BCUT2D eigenvalue weighted by Crippen LogP contribution is 2.25. The lowest BCUT2D eigenvalue weighted by Crippen LogP contribution is -2.25. The molecule has 0 unspecified atom stereocenters. The molecule has 26 heavy (non-hydrogen) atoms. The van der Waals surface area contributed by atoms with Crippen LogP contribution in [0.1, 0.15) is 35.1 Å². The van der Waals surface area contributed by atoms with Crippen LogP contribution < -0.4 is 5.32 Å². The quantitative estimate of drug-likeness (QED) is 0.844. The summed E-state index contributed by atoms with van der Waals surface area (Å²) in [4.78, 5) is 12.3. The van der Waals surface area contributed by atoms with Gasteiger partial charge in [0.2, 0.25) is 5.91 Å². The normalized spacial score (nSPS) is 13.5. The number of halogens is 1. The Balaban J connectivity index is 1.55. The van der Waals surface area contributed by atoms with E-state index in [1.165, 1.54) is 11.6 Å². The number of aryl methyl sites for hydroxylation is 3. The van der Waals surface area contributed by atoms with E-state index < -0.39 is 9.84 Å². The first kappa shape index (κ1) is 18.6. The van der Waals surface area contributed by atoms with Crippen molar-refractivity contribution in [2.24, 2.45) is 0 Å². The summed E-state index contributed by atoms with van der Waals surface area (Å²) >= 11 is 0. The van der Waals surface area contributed by atoms with Gasteiger partial charge >= 0.3 is 0 Å². The van der Waals surface area contributed by atoms with Crippen LogP contribution in [0.15, 0.2) is 41.3 Å². The number of carbonyl (C=O) groups is 1. The minimum atomic E-state index is -3.48. The minimum Gasteiger partial charge on any atom is -0.352 e. The van der Waals surface area contributed by atoms with Crippen molar-refractivity contribution in [2.75, 3.05) is 5.75 Å². The molecule has 0 fully saturated rings. The molecule has 0 atom stereocenters. The fourth-order valence-corrected chi connectivity index (χ4v) is 4.48. The average Bonchev–Trinajstić information content (AvgIpc) is 3.09. The van der Waals surface area contributed by atoms with Gasteiger partial charge in [-0.1, -0.05) is 18.2 Å². The van der Waals surface area contributed by atoms with E-state index in [0.717, 1.165) is 30.4 Å². The Morgan fingerprint density at radius 1 is 1.12 bits per heavy atom. The van der Waals surface area contributed by atoms with E-state index in [-0.39, 0.29) is 30.4 Å². The van der Waals surface area contributed by atoms with Crippen molar-refractivity contribution in [3.8, 4) is 0 Å². The number of nitrogens with one attached hydrogen (secondary N) is 1. The highest BCUT2D eigenvalue weighted by Gasteiger charge is 2.19. The van der Waals surface area contributed by atoms with Gasteiger partial charge < -0.3 is 5.32 Å². The molecule has 0 radical (unpaired) electrons. The van der Waals surface area contributed by atoms with Gasteiger partial charge in [-0.15, -0.1) is 0 Å². The first-order valence-electron chi connectivity index (χ1n) is 8.71. The third-order valence-corrected chi connectivity index (χ3v) is 6.45. The molecule has 0 aliphatic heterocycles. The fraction of sp³-hybridized carbons (Fsp3) is 0.350. The van der Waals surface area contributed by atoms with Crippen molar-refractivity contribution in [2.45, 2.75) is 44.0 Å². The summed E-state index contributed by atoms with van der Waals surface area (Å²) in [5.74, 6) is -0.850. The molecule has 6 heteroatoms. The number of hydrogen-bond acceptors (Lipinski definition) is 3. The third kappa shape index (κ3) is 4.30. The minimum absolute atomic E-state index is 0.0976. The monoisotopic (exact) mass is 375 g/mol. The average molecular weight is 375 g/mol. The Morgan fingerprint density at radius 2 is 1.88 bits per heavy atom. The lowest BCUT2D eigenvalue weighted by atomic mass is 10.1. The maximum absolute atomic E-state index is 13.2. The standard InChI is InChI=1S/C20H22FNO3S/c1-14-11-15(5-8-19(14)21)13-22-20(23)9-10-26(24,25)18-7-6-16-3-2-4-17(16)12-18/h5-8,11-12H,2-4,9-10,13H2,1H3,(H,22,23). The Hall–Kier alpha value is -2.21. The molecule has 4 nitrogen and oxygen atoms in total. The van der Waals surface area contributed by atoms with Crippen molar-refractivity contribution in [1.82, 2.24) is 5.32 Å². The second-order valence-corrected chi connectivity index (χ2v) is 8.82. The fourth-order valence-electron chi connectivity index (χ4n) is 3.19. The molecule has 1 aliphatic carbocycles. The molecule has 0 heterocycles. The predicted octanol–water partition coefficient (Wildman–Crippen LogP) is 3.10. The zero-order valence-corrected chi connectivity index (χ0v) is 15.5. The summed E-state index contributed by atoms with van der Waals surface area (Å²) in [5.41, 5.74) is 3.60. The van der Waals surface area contributed by atoms with E-state index in [2.05, 4.69) is 5.32 Å². The van der Waals surface area contributed by atoms with E-state index in [4.69, 9.17) is 0 Å². The van der Waals surface area contributed by atoms with Gasteiger partial charge in [0.25, 0.3) is 0 Å². The van der Waals surface area contributed by atoms with Crippen molar-refractivity contribution in [1.29, 1.82) is 0 Å². The number of sulfone groups is 1. The Labute approximate surface area is 153 Å². The van der Waals surface area contributed by atoms with E-state index >= 15 is 0 Å². The number of fused-ring (bicyclic) bond motifs is 1. The van der Waals surface area contributed by atoms with Crippen LogP contribution in [0.4, 0.5) is 4.39 Å². The van der Waals surface area contributed by atoms with Gasteiger partial charge in [0.1, 0.15) is 5.82 Å². The van der Waals surface area contributed by atoms with Crippen LogP contribution >= 0.6 is 0 Å². The topological polar surface area (TPSA) is 63.2 Å². The van der Waals surface area contributed by atoms with Crippen LogP contribution in [-0.2, 0) is 34.0 Å². The number of carbonyl (C=O) groups excluding carboxylic acids is 1. The zero-order valence-electron chi connectivity index (χ0n) is 14.7. The largest absolute Gasteiger partial charge is 0.352 e. The highest BCUT2D eigenvalue weighted by atomic mass is 32.2. The molecule has 1 aliphatic rings. The van der Waals surface area contributed by atoms with Gasteiger partial charge in [0.05, 0.1) is 10.6 Å². The number of amides is 1. The first-order chi connectivity index (χ1) is 12.3. The Kier molecular flexibility index (Phi) is 5.41. The van der Waals surface area contributed by atoms with Gasteiger partial charge in [-0.05, 0) is 66.6 Å². The Morgan fingerprint density at radius 3 is 2.65 bits per heavy atom. The SMILES string of the molecule is Cc1cc(CNC(=O)CCS(=O)(=O)c2ccc3c(c2)CCC3)ccc1F. The summed E-state index contributed by atoms with van der Waals surface area (Å²) in [6.07, 6.45) is 2.88. The van der Waals surface area contributed by atoms with Crippen molar-refractivity contribution in [3.05, 3.63) is 64.5 Å². The maximum atomic E-state index is 13.2. The summed E-state index contributed by atoms with van der Waals surface area (Å²) in [7, 11) is -3.48. The molecule has 2 aromatic carbocycles. The van der Waals surface area contributed by atoms with Crippen LogP contribution in [0.2, 0.25) is 0 Å². The van der Waals surface area contributed by atoms with Crippen LogP contribution in [0.3, 0.4) is 0 Å². The van der Waals surface area contributed by atoms with Crippen LogP contribution in [0, 0.1) is 12.7 Å². The van der Waals surface area contributed by atoms with Crippen LogP contribution in [0.25, 0.3) is 0 Å². The van der Waals surface area contributed by atoms with Crippen molar-refractivity contribution < 1.29 is 17.6 Å². The van der Waals surface area contributed by atoms with Gasteiger partial charge in [0.15, 0.2) is 9.84 Å². The summed E-state index contributed by atoms with van der Waals surface area (Å²) in [5, 5.41) is 2.69. The number of hydrogen-bond donors (Lipinski definition) is 1. The number of rotatable bonds is 6. The molecule has 1 N–H and O–H groups in total.